The average Bonchev–Trinajstić information content (AvgIpc) is 2.17. The summed E-state index contributed by atoms with van der Waals surface area (Å²) in [6.45, 7) is 1.95. The average molecular weight is 166 g/mol. The van der Waals surface area contributed by atoms with Crippen LogP contribution in [-0.4, -0.2) is 12.2 Å². The Kier molecular flexibility index (Phi) is 3.11. The highest BCUT2D eigenvalue weighted by atomic mass is 16.5. The molecule has 0 aliphatic carbocycles. The van der Waals surface area contributed by atoms with Gasteiger partial charge in [0.05, 0.1) is 13.2 Å². The fourth-order valence-corrected chi connectivity index (χ4v) is 1.08. The summed E-state index contributed by atoms with van der Waals surface area (Å²) in [5.74, 6) is 0.792. The number of aliphatic hydroxyl groups is 1. The molecule has 0 saturated heterocycles. The molecule has 0 bridgehead atoms. The second-order valence-electron chi connectivity index (χ2n) is 2.70. The highest BCUT2D eigenvalue weighted by molar-refractivity contribution is 5.29. The second kappa shape index (κ2) is 4.12. The van der Waals surface area contributed by atoms with E-state index in [0.717, 1.165) is 17.7 Å². The summed E-state index contributed by atoms with van der Waals surface area (Å²) in [5.41, 5.74) is 0.914. The molecule has 0 unspecified atom stereocenters. The molecule has 12 heavy (non-hydrogen) atoms. The third-order valence-electron chi connectivity index (χ3n) is 1.87. The van der Waals surface area contributed by atoms with Crippen LogP contribution in [0.15, 0.2) is 24.3 Å². The molecule has 0 aliphatic heterocycles. The molecule has 0 fully saturated rings. The summed E-state index contributed by atoms with van der Waals surface area (Å²) in [6.07, 6.45) is 0.354. The Morgan fingerprint density at radius 3 is 2.83 bits per heavy atom. The van der Waals surface area contributed by atoms with Crippen molar-refractivity contribution in [3.8, 4) is 5.75 Å². The van der Waals surface area contributed by atoms with Crippen LogP contribution < -0.4 is 4.74 Å². The van der Waals surface area contributed by atoms with Crippen LogP contribution in [0.3, 0.4) is 0 Å². The summed E-state index contributed by atoms with van der Waals surface area (Å²) in [5, 5.41) is 9.49. The molecular formula is C10H14O2. The molecule has 1 atom stereocenters. The standard InChI is InChI=1S/C10H14O2/c1-3-10(11)8-5-4-6-9(7-8)12-2/h4-7,10-11H,3H2,1-2H3/t10-/m1/s1. The van der Waals surface area contributed by atoms with Crippen LogP contribution >= 0.6 is 0 Å². The minimum Gasteiger partial charge on any atom is -0.497 e. The van der Waals surface area contributed by atoms with Crippen LogP contribution in [0.2, 0.25) is 0 Å². The highest BCUT2D eigenvalue weighted by Crippen LogP contribution is 2.20. The van der Waals surface area contributed by atoms with Gasteiger partial charge in [0.2, 0.25) is 0 Å². The Hall–Kier alpha value is -1.02. The molecule has 0 saturated carbocycles. The number of ether oxygens (including phenoxy) is 1. The molecule has 0 spiro atoms. The summed E-state index contributed by atoms with van der Waals surface area (Å²) in [4.78, 5) is 0. The van der Waals surface area contributed by atoms with Gasteiger partial charge in [-0.25, -0.2) is 0 Å². The van der Waals surface area contributed by atoms with Gasteiger partial charge < -0.3 is 9.84 Å². The van der Waals surface area contributed by atoms with E-state index in [1.54, 1.807) is 7.11 Å². The van der Waals surface area contributed by atoms with Gasteiger partial charge in [-0.15, -0.1) is 0 Å². The fraction of sp³-hybridized carbons (Fsp3) is 0.400. The molecule has 2 heteroatoms. The zero-order valence-corrected chi connectivity index (χ0v) is 7.45. The van der Waals surface area contributed by atoms with Crippen molar-refractivity contribution in [3.63, 3.8) is 0 Å². The van der Waals surface area contributed by atoms with Gasteiger partial charge in [-0.05, 0) is 24.1 Å². The topological polar surface area (TPSA) is 29.5 Å². The van der Waals surface area contributed by atoms with E-state index in [0.29, 0.717) is 0 Å². The van der Waals surface area contributed by atoms with Crippen molar-refractivity contribution in [2.24, 2.45) is 0 Å². The van der Waals surface area contributed by atoms with Crippen molar-refractivity contribution >= 4 is 0 Å². The number of methoxy groups -OCH3 is 1. The third kappa shape index (κ3) is 1.98. The van der Waals surface area contributed by atoms with E-state index >= 15 is 0 Å². The minimum absolute atomic E-state index is 0.375. The molecule has 1 rings (SSSR count). The quantitative estimate of drug-likeness (QED) is 0.745. The zero-order valence-electron chi connectivity index (χ0n) is 7.45. The van der Waals surface area contributed by atoms with Crippen molar-refractivity contribution in [3.05, 3.63) is 29.8 Å². The van der Waals surface area contributed by atoms with Crippen molar-refractivity contribution < 1.29 is 9.84 Å². The number of benzene rings is 1. The van der Waals surface area contributed by atoms with Crippen molar-refractivity contribution in [1.29, 1.82) is 0 Å². The van der Waals surface area contributed by atoms with Crippen molar-refractivity contribution in [2.75, 3.05) is 7.11 Å². The Morgan fingerprint density at radius 2 is 2.25 bits per heavy atom. The second-order valence-corrected chi connectivity index (χ2v) is 2.70. The fourth-order valence-electron chi connectivity index (χ4n) is 1.08. The van der Waals surface area contributed by atoms with E-state index in [2.05, 4.69) is 0 Å². The van der Waals surface area contributed by atoms with Crippen LogP contribution in [0.1, 0.15) is 25.0 Å². The predicted molar refractivity (Wildman–Crippen MR) is 48.2 cm³/mol. The molecule has 1 aromatic carbocycles. The van der Waals surface area contributed by atoms with Gasteiger partial charge in [-0.3, -0.25) is 0 Å². The molecule has 0 heterocycles. The Bertz CT molecular complexity index is 245. The predicted octanol–water partition coefficient (Wildman–Crippen LogP) is 2.14. The van der Waals surface area contributed by atoms with Crippen molar-refractivity contribution in [2.45, 2.75) is 19.4 Å². The van der Waals surface area contributed by atoms with Gasteiger partial charge in [0.1, 0.15) is 5.75 Å². The first-order chi connectivity index (χ1) is 5.77. The molecule has 0 amide bonds. The molecule has 0 radical (unpaired) electrons. The lowest BCUT2D eigenvalue weighted by Crippen LogP contribution is -1.95. The zero-order chi connectivity index (χ0) is 8.97. The number of hydrogen-bond donors (Lipinski definition) is 1. The molecule has 1 aromatic rings. The van der Waals surface area contributed by atoms with Crippen LogP contribution in [0.25, 0.3) is 0 Å². The maximum Gasteiger partial charge on any atom is 0.119 e. The van der Waals surface area contributed by atoms with E-state index in [-0.39, 0.29) is 6.10 Å². The smallest absolute Gasteiger partial charge is 0.119 e. The Labute approximate surface area is 72.8 Å². The van der Waals surface area contributed by atoms with E-state index in [1.165, 1.54) is 0 Å². The van der Waals surface area contributed by atoms with Crippen LogP contribution in [-0.2, 0) is 0 Å². The normalized spacial score (nSPS) is 12.6. The maximum absolute atomic E-state index is 9.49. The monoisotopic (exact) mass is 166 g/mol. The largest absolute Gasteiger partial charge is 0.497 e. The van der Waals surface area contributed by atoms with Gasteiger partial charge in [0.15, 0.2) is 0 Å². The first-order valence-corrected chi connectivity index (χ1v) is 4.10. The molecule has 0 aromatic heterocycles. The summed E-state index contributed by atoms with van der Waals surface area (Å²) < 4.78 is 5.04. The van der Waals surface area contributed by atoms with Gasteiger partial charge in [-0.1, -0.05) is 19.1 Å². The highest BCUT2D eigenvalue weighted by Gasteiger charge is 2.04. The first-order valence-electron chi connectivity index (χ1n) is 4.10. The lowest BCUT2D eigenvalue weighted by molar-refractivity contribution is 0.173. The van der Waals surface area contributed by atoms with Gasteiger partial charge in [0.25, 0.3) is 0 Å². The molecule has 1 N–H and O–H groups in total. The lowest BCUT2D eigenvalue weighted by atomic mass is 10.1. The Balaban J connectivity index is 2.86. The first kappa shape index (κ1) is 9.07. The van der Waals surface area contributed by atoms with E-state index < -0.39 is 0 Å². The maximum atomic E-state index is 9.49. The molecular weight excluding hydrogens is 152 g/mol. The minimum atomic E-state index is -0.375. The van der Waals surface area contributed by atoms with Crippen LogP contribution in [0.5, 0.6) is 5.75 Å². The van der Waals surface area contributed by atoms with E-state index in [9.17, 15) is 5.11 Å². The summed E-state index contributed by atoms with van der Waals surface area (Å²) in [6, 6.07) is 7.50. The number of aliphatic hydroxyl groups excluding tert-OH is 1. The number of rotatable bonds is 3. The van der Waals surface area contributed by atoms with Gasteiger partial charge >= 0.3 is 0 Å². The molecule has 0 aliphatic rings. The van der Waals surface area contributed by atoms with Crippen LogP contribution in [0, 0.1) is 0 Å². The number of hydrogen-bond acceptors (Lipinski definition) is 2. The van der Waals surface area contributed by atoms with E-state index in [4.69, 9.17) is 4.74 Å². The summed E-state index contributed by atoms with van der Waals surface area (Å²) >= 11 is 0. The van der Waals surface area contributed by atoms with Crippen LogP contribution in [0.4, 0.5) is 0 Å². The van der Waals surface area contributed by atoms with Gasteiger partial charge in [0, 0.05) is 0 Å². The van der Waals surface area contributed by atoms with Gasteiger partial charge in [-0.2, -0.15) is 0 Å². The Morgan fingerprint density at radius 1 is 1.50 bits per heavy atom. The third-order valence-corrected chi connectivity index (χ3v) is 1.87. The van der Waals surface area contributed by atoms with Crippen molar-refractivity contribution in [1.82, 2.24) is 0 Å². The summed E-state index contributed by atoms with van der Waals surface area (Å²) in [7, 11) is 1.62. The lowest BCUT2D eigenvalue weighted by Gasteiger charge is -2.08. The molecule has 66 valence electrons. The van der Waals surface area contributed by atoms with E-state index in [1.807, 2.05) is 31.2 Å². The molecule has 2 nitrogen and oxygen atoms in total. The SMILES string of the molecule is CC[C@@H](O)c1cccc(OC)c1.